The van der Waals surface area contributed by atoms with Crippen LogP contribution < -0.4 is 0 Å². The normalized spacial score (nSPS) is 15.6. The predicted molar refractivity (Wildman–Crippen MR) is 63.0 cm³/mol. The Morgan fingerprint density at radius 1 is 0.933 bits per heavy atom. The number of Topliss-reactive ketones (excluding diaryl/α,β-unsaturated/α-hetero) is 1. The molecule has 1 aliphatic rings. The zero-order valence-corrected chi connectivity index (χ0v) is 8.85. The largest absolute Gasteiger partial charge is 0.284 e. The van der Waals surface area contributed by atoms with Crippen molar-refractivity contribution >= 4 is 21.8 Å². The van der Waals surface area contributed by atoms with Crippen LogP contribution in [0.5, 0.6) is 0 Å². The molecule has 0 amide bonds. The molecule has 1 heterocycles. The molecular weight excluding hydrogens is 208 g/mol. The minimum atomic E-state index is -1.02. The fourth-order valence-electron chi connectivity index (χ4n) is 1.30. The second-order valence-electron chi connectivity index (χ2n) is 3.09. The second kappa shape index (κ2) is 4.28. The van der Waals surface area contributed by atoms with Crippen LogP contribution in [0.4, 0.5) is 0 Å². The van der Waals surface area contributed by atoms with E-state index in [0.29, 0.717) is 5.56 Å². The summed E-state index contributed by atoms with van der Waals surface area (Å²) in [6, 6.07) is 8.67. The van der Waals surface area contributed by atoms with E-state index in [0.717, 1.165) is 0 Å². The third-order valence-electron chi connectivity index (χ3n) is 2.07. The van der Waals surface area contributed by atoms with Gasteiger partial charge in [-0.2, -0.15) is 0 Å². The standard InChI is InChI=1S/C12H10O2S/c13-11(10-6-2-1-3-7-10)12(14)15-8-4-5-9-15/h1-9,15H. The highest BCUT2D eigenvalue weighted by Gasteiger charge is 2.20. The monoisotopic (exact) mass is 218 g/mol. The highest BCUT2D eigenvalue weighted by Crippen LogP contribution is 2.34. The third-order valence-corrected chi connectivity index (χ3v) is 3.73. The van der Waals surface area contributed by atoms with E-state index in [9.17, 15) is 9.59 Å². The summed E-state index contributed by atoms with van der Waals surface area (Å²) in [5.41, 5.74) is 0.471. The number of thiol groups is 1. The van der Waals surface area contributed by atoms with E-state index in [1.54, 1.807) is 35.1 Å². The number of ketones is 1. The Balaban J connectivity index is 2.19. The van der Waals surface area contributed by atoms with Gasteiger partial charge in [0.2, 0.25) is 10.9 Å². The fraction of sp³-hybridized carbons (Fsp3) is 0. The molecule has 0 spiro atoms. The van der Waals surface area contributed by atoms with Gasteiger partial charge in [-0.25, -0.2) is 0 Å². The smallest absolute Gasteiger partial charge is 0.247 e. The Bertz CT molecular complexity index is 434. The molecule has 1 aliphatic heterocycles. The van der Waals surface area contributed by atoms with E-state index in [-0.39, 0.29) is 5.12 Å². The molecule has 0 unspecified atom stereocenters. The van der Waals surface area contributed by atoms with Gasteiger partial charge in [-0.15, -0.1) is 10.9 Å². The van der Waals surface area contributed by atoms with Crippen molar-refractivity contribution < 1.29 is 9.59 Å². The Morgan fingerprint density at radius 3 is 2.13 bits per heavy atom. The number of carbonyl (C=O) groups excluding carboxylic acids is 2. The van der Waals surface area contributed by atoms with Crippen LogP contribution in [0.3, 0.4) is 0 Å². The molecule has 0 bridgehead atoms. The van der Waals surface area contributed by atoms with Crippen molar-refractivity contribution in [2.75, 3.05) is 0 Å². The van der Waals surface area contributed by atoms with Crippen molar-refractivity contribution in [2.45, 2.75) is 0 Å². The van der Waals surface area contributed by atoms with Crippen LogP contribution >= 0.6 is 10.9 Å². The van der Waals surface area contributed by atoms with E-state index in [4.69, 9.17) is 0 Å². The minimum Gasteiger partial charge on any atom is -0.284 e. The zero-order chi connectivity index (χ0) is 10.7. The van der Waals surface area contributed by atoms with E-state index < -0.39 is 16.7 Å². The van der Waals surface area contributed by atoms with Crippen LogP contribution in [0.1, 0.15) is 10.4 Å². The highest BCUT2D eigenvalue weighted by molar-refractivity contribution is 8.35. The molecular formula is C12H10O2S. The van der Waals surface area contributed by atoms with Crippen LogP contribution in [-0.2, 0) is 4.79 Å². The predicted octanol–water partition coefficient (Wildman–Crippen LogP) is 2.44. The maximum atomic E-state index is 11.7. The van der Waals surface area contributed by atoms with Crippen molar-refractivity contribution in [3.05, 3.63) is 58.9 Å². The van der Waals surface area contributed by atoms with Gasteiger partial charge in [0.15, 0.2) is 0 Å². The lowest BCUT2D eigenvalue weighted by atomic mass is 10.1. The molecule has 0 radical (unpaired) electrons. The lowest BCUT2D eigenvalue weighted by Gasteiger charge is -2.06. The van der Waals surface area contributed by atoms with Gasteiger partial charge in [0.1, 0.15) is 0 Å². The summed E-state index contributed by atoms with van der Waals surface area (Å²) in [7, 11) is -1.02. The van der Waals surface area contributed by atoms with Crippen LogP contribution in [0.15, 0.2) is 53.3 Å². The number of allylic oxidation sites excluding steroid dienone is 2. The second-order valence-corrected chi connectivity index (χ2v) is 4.91. The first-order chi connectivity index (χ1) is 7.29. The van der Waals surface area contributed by atoms with Crippen molar-refractivity contribution in [3.8, 4) is 0 Å². The molecule has 0 aliphatic carbocycles. The molecule has 0 saturated carbocycles. The summed E-state index contributed by atoms with van der Waals surface area (Å²) in [5.74, 6) is -0.391. The molecule has 0 fully saturated rings. The zero-order valence-electron chi connectivity index (χ0n) is 7.96. The SMILES string of the molecule is O=C(C(=O)[SH]1C=CC=C1)c1ccccc1. The maximum Gasteiger partial charge on any atom is 0.247 e. The van der Waals surface area contributed by atoms with Gasteiger partial charge in [0.05, 0.1) is 0 Å². The van der Waals surface area contributed by atoms with Gasteiger partial charge in [0, 0.05) is 5.56 Å². The molecule has 0 aromatic heterocycles. The molecule has 0 saturated heterocycles. The maximum absolute atomic E-state index is 11.7. The average Bonchev–Trinajstić information content (AvgIpc) is 2.82. The van der Waals surface area contributed by atoms with E-state index in [1.165, 1.54) is 0 Å². The molecule has 0 N–H and O–H groups in total. The molecule has 3 heteroatoms. The first-order valence-electron chi connectivity index (χ1n) is 4.56. The summed E-state index contributed by atoms with van der Waals surface area (Å²) >= 11 is 0. The van der Waals surface area contributed by atoms with E-state index in [2.05, 4.69) is 0 Å². The van der Waals surface area contributed by atoms with Crippen LogP contribution in [0, 0.1) is 0 Å². The lowest BCUT2D eigenvalue weighted by molar-refractivity contribution is -0.107. The number of benzene rings is 1. The molecule has 1 aromatic carbocycles. The van der Waals surface area contributed by atoms with Crippen LogP contribution in [-0.4, -0.2) is 10.9 Å². The van der Waals surface area contributed by atoms with E-state index >= 15 is 0 Å². The number of hydrogen-bond acceptors (Lipinski definition) is 2. The lowest BCUT2D eigenvalue weighted by Crippen LogP contribution is -2.12. The molecule has 1 aromatic rings. The number of carbonyl (C=O) groups is 2. The molecule has 2 rings (SSSR count). The number of rotatable bonds is 2. The Kier molecular flexibility index (Phi) is 2.83. The van der Waals surface area contributed by atoms with E-state index in [1.807, 2.05) is 18.2 Å². The van der Waals surface area contributed by atoms with Gasteiger partial charge in [-0.1, -0.05) is 42.5 Å². The van der Waals surface area contributed by atoms with Crippen LogP contribution in [0.2, 0.25) is 0 Å². The van der Waals surface area contributed by atoms with Crippen LogP contribution in [0.25, 0.3) is 0 Å². The summed E-state index contributed by atoms with van der Waals surface area (Å²) in [5, 5.41) is 3.28. The average molecular weight is 218 g/mol. The fourth-order valence-corrected chi connectivity index (χ4v) is 2.60. The molecule has 2 nitrogen and oxygen atoms in total. The molecule has 0 atom stereocenters. The van der Waals surface area contributed by atoms with Gasteiger partial charge in [-0.3, -0.25) is 9.59 Å². The van der Waals surface area contributed by atoms with Crippen molar-refractivity contribution in [2.24, 2.45) is 0 Å². The van der Waals surface area contributed by atoms with Crippen molar-refractivity contribution in [3.63, 3.8) is 0 Å². The topological polar surface area (TPSA) is 34.1 Å². The Labute approximate surface area is 90.7 Å². The Hall–Kier alpha value is -1.61. The molecule has 15 heavy (non-hydrogen) atoms. The first-order valence-corrected chi connectivity index (χ1v) is 6.04. The van der Waals surface area contributed by atoms with Crippen molar-refractivity contribution in [1.29, 1.82) is 0 Å². The highest BCUT2D eigenvalue weighted by atomic mass is 32.2. The van der Waals surface area contributed by atoms with Crippen molar-refractivity contribution in [1.82, 2.24) is 0 Å². The van der Waals surface area contributed by atoms with Gasteiger partial charge in [0.25, 0.3) is 0 Å². The van der Waals surface area contributed by atoms with Gasteiger partial charge in [-0.05, 0) is 10.8 Å². The molecule has 76 valence electrons. The first kappa shape index (κ1) is 9.93. The summed E-state index contributed by atoms with van der Waals surface area (Å²) < 4.78 is 0. The quantitative estimate of drug-likeness (QED) is 0.470. The Morgan fingerprint density at radius 2 is 1.53 bits per heavy atom. The summed E-state index contributed by atoms with van der Waals surface area (Å²) in [4.78, 5) is 23.5. The summed E-state index contributed by atoms with van der Waals surface area (Å²) in [6.45, 7) is 0. The summed E-state index contributed by atoms with van der Waals surface area (Å²) in [6.07, 6.45) is 3.61. The van der Waals surface area contributed by atoms with Gasteiger partial charge >= 0.3 is 0 Å². The third kappa shape index (κ3) is 2.07. The number of hydrogen-bond donors (Lipinski definition) is 1. The van der Waals surface area contributed by atoms with Gasteiger partial charge < -0.3 is 0 Å². The minimum absolute atomic E-state index is 0.304.